The maximum absolute atomic E-state index is 10.8. The number of carboxylic acids is 1. The predicted molar refractivity (Wildman–Crippen MR) is 67.9 cm³/mol. The molecule has 90 valence electrons. The Morgan fingerprint density at radius 3 is 2.82 bits per heavy atom. The minimum atomic E-state index is -0.904. The van der Waals surface area contributed by atoms with E-state index in [1.54, 1.807) is 17.7 Å². The number of aromatic nitrogens is 1. The van der Waals surface area contributed by atoms with Crippen LogP contribution in [0.4, 0.5) is 0 Å². The molecule has 0 saturated heterocycles. The number of hydrogen-bond donors (Lipinski definition) is 2. The predicted octanol–water partition coefficient (Wildman–Crippen LogP) is 2.54. The van der Waals surface area contributed by atoms with Crippen LogP contribution in [0.5, 0.6) is 0 Å². The highest BCUT2D eigenvalue weighted by Gasteiger charge is 2.13. The zero-order valence-electron chi connectivity index (χ0n) is 9.22. The first-order valence-corrected chi connectivity index (χ1v) is 5.96. The van der Waals surface area contributed by atoms with E-state index in [0.717, 1.165) is 20.9 Å². The Hall–Kier alpha value is -1.33. The fourth-order valence-electron chi connectivity index (χ4n) is 1.90. The molecule has 2 N–H and O–H groups in total. The van der Waals surface area contributed by atoms with Crippen LogP contribution < -0.4 is 0 Å². The lowest BCUT2D eigenvalue weighted by Gasteiger charge is -2.01. The fourth-order valence-corrected chi connectivity index (χ4v) is 2.25. The normalized spacial score (nSPS) is 12.9. The van der Waals surface area contributed by atoms with Crippen molar-refractivity contribution in [1.29, 1.82) is 0 Å². The Morgan fingerprint density at radius 2 is 2.24 bits per heavy atom. The first-order valence-electron chi connectivity index (χ1n) is 5.17. The van der Waals surface area contributed by atoms with Gasteiger partial charge >= 0.3 is 5.97 Å². The fraction of sp³-hybridized carbons (Fsp3) is 0.250. The highest BCUT2D eigenvalue weighted by molar-refractivity contribution is 9.10. The van der Waals surface area contributed by atoms with E-state index >= 15 is 0 Å². The van der Waals surface area contributed by atoms with Crippen LogP contribution in [-0.4, -0.2) is 20.7 Å². The molecule has 0 aliphatic rings. The lowest BCUT2D eigenvalue weighted by Crippen LogP contribution is -2.07. The number of carboxylic acid groups (broad SMARTS) is 1. The zero-order chi connectivity index (χ0) is 12.6. The van der Waals surface area contributed by atoms with Crippen molar-refractivity contribution in [2.75, 3.05) is 0 Å². The second kappa shape index (κ2) is 4.50. The summed E-state index contributed by atoms with van der Waals surface area (Å²) in [6.45, 7) is 1.56. The molecule has 2 aromatic rings. The van der Waals surface area contributed by atoms with E-state index in [1.165, 1.54) is 0 Å². The highest BCUT2D eigenvalue weighted by atomic mass is 79.9. The molecule has 1 aromatic heterocycles. The number of halogens is 1. The molecule has 0 saturated carbocycles. The van der Waals surface area contributed by atoms with E-state index in [4.69, 9.17) is 5.11 Å². The van der Waals surface area contributed by atoms with E-state index in [1.807, 2.05) is 18.2 Å². The molecule has 5 heteroatoms. The molecule has 0 radical (unpaired) electrons. The molecule has 0 amide bonds. The lowest BCUT2D eigenvalue weighted by molar-refractivity contribution is -0.137. The van der Waals surface area contributed by atoms with Crippen LogP contribution in [0.2, 0.25) is 0 Å². The van der Waals surface area contributed by atoms with Crippen LogP contribution >= 0.6 is 15.9 Å². The number of carbonyl (C=O) groups is 1. The number of aliphatic hydroxyl groups excluding tert-OH is 1. The Balaban J connectivity index is 2.66. The Morgan fingerprint density at radius 1 is 1.53 bits per heavy atom. The average Bonchev–Trinajstić information content (AvgIpc) is 2.56. The molecule has 1 atom stereocenters. The van der Waals surface area contributed by atoms with Crippen molar-refractivity contribution in [1.82, 2.24) is 4.57 Å². The van der Waals surface area contributed by atoms with Crippen LogP contribution in [0.25, 0.3) is 10.9 Å². The van der Waals surface area contributed by atoms with Gasteiger partial charge in [0, 0.05) is 21.6 Å². The molecule has 1 unspecified atom stereocenters. The van der Waals surface area contributed by atoms with E-state index in [0.29, 0.717) is 0 Å². The van der Waals surface area contributed by atoms with Crippen LogP contribution in [-0.2, 0) is 11.3 Å². The van der Waals surface area contributed by atoms with Gasteiger partial charge in [-0.15, -0.1) is 0 Å². The standard InChI is InChI=1S/C12H12BrNO3/c1-7(15)10-5-14(6-12(16)17)11-4-8(13)2-3-9(10)11/h2-5,7,15H,6H2,1H3,(H,16,17). The summed E-state index contributed by atoms with van der Waals surface area (Å²) in [5.41, 5.74) is 1.55. The summed E-state index contributed by atoms with van der Waals surface area (Å²) in [7, 11) is 0. The number of nitrogens with zero attached hydrogens (tertiary/aromatic N) is 1. The third-order valence-corrected chi connectivity index (χ3v) is 3.12. The van der Waals surface area contributed by atoms with Gasteiger partial charge in [-0.05, 0) is 19.1 Å². The average molecular weight is 298 g/mol. The van der Waals surface area contributed by atoms with Crippen LogP contribution in [0, 0.1) is 0 Å². The molecule has 1 aromatic carbocycles. The summed E-state index contributed by atoms with van der Waals surface area (Å²) < 4.78 is 2.51. The van der Waals surface area contributed by atoms with Crippen molar-refractivity contribution < 1.29 is 15.0 Å². The summed E-state index contributed by atoms with van der Waals surface area (Å²) in [5.74, 6) is -0.904. The summed E-state index contributed by atoms with van der Waals surface area (Å²) in [6, 6.07) is 5.60. The van der Waals surface area contributed by atoms with Crippen molar-refractivity contribution >= 4 is 32.8 Å². The maximum atomic E-state index is 10.8. The van der Waals surface area contributed by atoms with Gasteiger partial charge in [-0.25, -0.2) is 0 Å². The first kappa shape index (κ1) is 12.1. The number of aliphatic hydroxyl groups is 1. The summed E-state index contributed by atoms with van der Waals surface area (Å²) >= 11 is 3.36. The second-order valence-electron chi connectivity index (χ2n) is 3.94. The lowest BCUT2D eigenvalue weighted by atomic mass is 10.1. The van der Waals surface area contributed by atoms with Gasteiger partial charge in [-0.3, -0.25) is 4.79 Å². The van der Waals surface area contributed by atoms with Crippen molar-refractivity contribution in [3.05, 3.63) is 34.4 Å². The largest absolute Gasteiger partial charge is 0.480 e. The molecule has 2 rings (SSSR count). The van der Waals surface area contributed by atoms with Crippen molar-refractivity contribution in [3.8, 4) is 0 Å². The van der Waals surface area contributed by atoms with Crippen LogP contribution in [0.15, 0.2) is 28.9 Å². The van der Waals surface area contributed by atoms with Crippen molar-refractivity contribution in [2.45, 2.75) is 19.6 Å². The monoisotopic (exact) mass is 297 g/mol. The summed E-state index contributed by atoms with van der Waals surface area (Å²) in [5, 5.41) is 19.4. The summed E-state index contributed by atoms with van der Waals surface area (Å²) in [4.78, 5) is 10.8. The third-order valence-electron chi connectivity index (χ3n) is 2.63. The van der Waals surface area contributed by atoms with Gasteiger partial charge in [0.15, 0.2) is 0 Å². The highest BCUT2D eigenvalue weighted by Crippen LogP contribution is 2.28. The smallest absolute Gasteiger partial charge is 0.323 e. The van der Waals surface area contributed by atoms with Gasteiger partial charge in [0.1, 0.15) is 6.54 Å². The molecule has 0 aliphatic carbocycles. The van der Waals surface area contributed by atoms with E-state index < -0.39 is 12.1 Å². The van der Waals surface area contributed by atoms with E-state index in [2.05, 4.69) is 15.9 Å². The van der Waals surface area contributed by atoms with E-state index in [-0.39, 0.29) is 6.54 Å². The molecule has 0 fully saturated rings. The minimum absolute atomic E-state index is 0.111. The number of benzene rings is 1. The van der Waals surface area contributed by atoms with Crippen molar-refractivity contribution in [2.24, 2.45) is 0 Å². The van der Waals surface area contributed by atoms with Gasteiger partial charge in [0.2, 0.25) is 0 Å². The van der Waals surface area contributed by atoms with Crippen LogP contribution in [0.3, 0.4) is 0 Å². The number of aliphatic carboxylic acids is 1. The molecular weight excluding hydrogens is 286 g/mol. The van der Waals surface area contributed by atoms with Gasteiger partial charge < -0.3 is 14.8 Å². The molecule has 4 nitrogen and oxygen atoms in total. The Kier molecular flexibility index (Phi) is 3.22. The zero-order valence-corrected chi connectivity index (χ0v) is 10.8. The molecule has 17 heavy (non-hydrogen) atoms. The summed E-state index contributed by atoms with van der Waals surface area (Å²) in [6.07, 6.45) is 1.07. The van der Waals surface area contributed by atoms with Crippen LogP contribution in [0.1, 0.15) is 18.6 Å². The number of rotatable bonds is 3. The topological polar surface area (TPSA) is 62.5 Å². The molecule has 0 bridgehead atoms. The minimum Gasteiger partial charge on any atom is -0.480 e. The van der Waals surface area contributed by atoms with Gasteiger partial charge in [0.25, 0.3) is 0 Å². The van der Waals surface area contributed by atoms with Gasteiger partial charge in [-0.1, -0.05) is 22.0 Å². The van der Waals surface area contributed by atoms with Crippen molar-refractivity contribution in [3.63, 3.8) is 0 Å². The third kappa shape index (κ3) is 2.35. The number of fused-ring (bicyclic) bond motifs is 1. The second-order valence-corrected chi connectivity index (χ2v) is 4.86. The quantitative estimate of drug-likeness (QED) is 0.915. The Labute approximate surface area is 107 Å². The molecule has 0 aliphatic heterocycles. The Bertz CT molecular complexity index is 574. The van der Waals surface area contributed by atoms with Gasteiger partial charge in [0.05, 0.1) is 11.6 Å². The number of hydrogen-bond acceptors (Lipinski definition) is 2. The maximum Gasteiger partial charge on any atom is 0.323 e. The molecular formula is C12H12BrNO3. The van der Waals surface area contributed by atoms with E-state index in [9.17, 15) is 9.90 Å². The first-order chi connectivity index (χ1) is 7.99. The SMILES string of the molecule is CC(O)c1cn(CC(=O)O)c2cc(Br)ccc12. The molecule has 1 heterocycles. The van der Waals surface area contributed by atoms with Gasteiger partial charge in [-0.2, -0.15) is 0 Å². The molecule has 0 spiro atoms.